The number of pyridine rings is 1. The average molecular weight is 206 g/mol. The maximum absolute atomic E-state index is 10.9. The van der Waals surface area contributed by atoms with Crippen LogP contribution in [-0.4, -0.2) is 28.6 Å². The van der Waals surface area contributed by atoms with Crippen LogP contribution in [0.2, 0.25) is 0 Å². The molecule has 2 heterocycles. The summed E-state index contributed by atoms with van der Waals surface area (Å²) in [5.41, 5.74) is 0. The summed E-state index contributed by atoms with van der Waals surface area (Å²) in [6, 6.07) is 5.72. The van der Waals surface area contributed by atoms with E-state index in [2.05, 4.69) is 9.88 Å². The molecule has 1 aromatic rings. The lowest BCUT2D eigenvalue weighted by Gasteiger charge is -2.23. The van der Waals surface area contributed by atoms with Crippen molar-refractivity contribution < 1.29 is 9.90 Å². The molecule has 0 bridgehead atoms. The van der Waals surface area contributed by atoms with Gasteiger partial charge in [-0.25, -0.2) is 4.98 Å². The Kier molecular flexibility index (Phi) is 2.58. The molecular weight excluding hydrogens is 192 g/mol. The molecule has 0 unspecified atom stereocenters. The molecule has 1 N–H and O–H groups in total. The monoisotopic (exact) mass is 206 g/mol. The third kappa shape index (κ3) is 1.79. The standard InChI is InChI=1S/C11H14N2O2/c1-8-9(11(14)15)5-7-13(8)10-4-2-3-6-12-10/h2-4,6,8-9H,5,7H2,1H3,(H,14,15)/t8-,9+/m1/s1. The van der Waals surface area contributed by atoms with Gasteiger partial charge in [0.25, 0.3) is 0 Å². The molecule has 80 valence electrons. The fraction of sp³-hybridized carbons (Fsp3) is 0.455. The Balaban J connectivity index is 2.17. The number of aromatic nitrogens is 1. The third-order valence-corrected chi connectivity index (χ3v) is 3.02. The molecule has 2 rings (SSSR count). The molecule has 0 spiro atoms. The average Bonchev–Trinajstić information content (AvgIpc) is 2.61. The number of rotatable bonds is 2. The van der Waals surface area contributed by atoms with Gasteiger partial charge in [0, 0.05) is 18.8 Å². The van der Waals surface area contributed by atoms with Crippen molar-refractivity contribution in [3.8, 4) is 0 Å². The Morgan fingerprint density at radius 3 is 2.93 bits per heavy atom. The number of hydrogen-bond acceptors (Lipinski definition) is 3. The zero-order valence-corrected chi connectivity index (χ0v) is 8.63. The molecule has 1 aliphatic heterocycles. The summed E-state index contributed by atoms with van der Waals surface area (Å²) in [4.78, 5) is 17.2. The summed E-state index contributed by atoms with van der Waals surface area (Å²) >= 11 is 0. The SMILES string of the molecule is C[C@@H]1[C@@H](C(=O)O)CCN1c1ccccn1. The van der Waals surface area contributed by atoms with Gasteiger partial charge in [-0.3, -0.25) is 4.79 Å². The molecule has 1 fully saturated rings. The van der Waals surface area contributed by atoms with E-state index in [-0.39, 0.29) is 12.0 Å². The van der Waals surface area contributed by atoms with Crippen molar-refractivity contribution in [3.63, 3.8) is 0 Å². The molecule has 4 nitrogen and oxygen atoms in total. The number of carbonyl (C=O) groups is 1. The highest BCUT2D eigenvalue weighted by Crippen LogP contribution is 2.28. The van der Waals surface area contributed by atoms with Crippen LogP contribution >= 0.6 is 0 Å². The number of nitrogens with zero attached hydrogens (tertiary/aromatic N) is 2. The molecule has 0 amide bonds. The summed E-state index contributed by atoms with van der Waals surface area (Å²) in [6.45, 7) is 2.72. The first-order chi connectivity index (χ1) is 7.20. The number of hydrogen-bond donors (Lipinski definition) is 1. The number of aliphatic carboxylic acids is 1. The molecule has 0 radical (unpaired) electrons. The molecule has 2 atom stereocenters. The van der Waals surface area contributed by atoms with Crippen LogP contribution in [0.5, 0.6) is 0 Å². The van der Waals surface area contributed by atoms with Gasteiger partial charge >= 0.3 is 5.97 Å². The summed E-state index contributed by atoms with van der Waals surface area (Å²) < 4.78 is 0. The van der Waals surface area contributed by atoms with Gasteiger partial charge in [-0.05, 0) is 25.5 Å². The van der Waals surface area contributed by atoms with Crippen LogP contribution < -0.4 is 4.90 Å². The van der Waals surface area contributed by atoms with E-state index < -0.39 is 5.97 Å². The number of carboxylic acid groups (broad SMARTS) is 1. The maximum atomic E-state index is 10.9. The van der Waals surface area contributed by atoms with Gasteiger partial charge in [-0.2, -0.15) is 0 Å². The second-order valence-electron chi connectivity index (χ2n) is 3.86. The first-order valence-electron chi connectivity index (χ1n) is 5.10. The summed E-state index contributed by atoms with van der Waals surface area (Å²) in [5, 5.41) is 9.00. The van der Waals surface area contributed by atoms with Gasteiger partial charge in [0.2, 0.25) is 0 Å². The van der Waals surface area contributed by atoms with Crippen LogP contribution in [0.4, 0.5) is 5.82 Å². The molecule has 0 aromatic carbocycles. The Morgan fingerprint density at radius 2 is 2.40 bits per heavy atom. The maximum Gasteiger partial charge on any atom is 0.308 e. The quantitative estimate of drug-likeness (QED) is 0.794. The summed E-state index contributed by atoms with van der Waals surface area (Å²) in [5.74, 6) is -0.110. The molecule has 1 saturated heterocycles. The van der Waals surface area contributed by atoms with Crippen molar-refractivity contribution in [2.75, 3.05) is 11.4 Å². The van der Waals surface area contributed by atoms with Crippen LogP contribution in [0.3, 0.4) is 0 Å². The highest BCUT2D eigenvalue weighted by Gasteiger charge is 2.35. The lowest BCUT2D eigenvalue weighted by Crippen LogP contribution is -2.33. The first kappa shape index (κ1) is 9.96. The van der Waals surface area contributed by atoms with Gasteiger partial charge in [0.1, 0.15) is 5.82 Å². The largest absolute Gasteiger partial charge is 0.481 e. The van der Waals surface area contributed by atoms with E-state index in [9.17, 15) is 4.79 Å². The third-order valence-electron chi connectivity index (χ3n) is 3.02. The lowest BCUT2D eigenvalue weighted by molar-refractivity contribution is -0.141. The zero-order chi connectivity index (χ0) is 10.8. The molecule has 1 aliphatic rings. The van der Waals surface area contributed by atoms with E-state index in [1.54, 1.807) is 6.20 Å². The molecule has 4 heteroatoms. The Labute approximate surface area is 88.6 Å². The van der Waals surface area contributed by atoms with Gasteiger partial charge in [0.15, 0.2) is 0 Å². The zero-order valence-electron chi connectivity index (χ0n) is 8.63. The first-order valence-corrected chi connectivity index (χ1v) is 5.10. The minimum Gasteiger partial charge on any atom is -0.481 e. The van der Waals surface area contributed by atoms with E-state index >= 15 is 0 Å². The molecular formula is C11H14N2O2. The Morgan fingerprint density at radius 1 is 1.60 bits per heavy atom. The van der Waals surface area contributed by atoms with Crippen LogP contribution in [-0.2, 0) is 4.79 Å². The Bertz CT molecular complexity index is 353. The predicted octanol–water partition coefficient (Wildman–Crippen LogP) is 1.38. The highest BCUT2D eigenvalue weighted by atomic mass is 16.4. The van der Waals surface area contributed by atoms with Crippen molar-refractivity contribution in [2.24, 2.45) is 5.92 Å². The van der Waals surface area contributed by atoms with E-state index in [0.29, 0.717) is 6.42 Å². The van der Waals surface area contributed by atoms with Gasteiger partial charge < -0.3 is 10.0 Å². The van der Waals surface area contributed by atoms with E-state index in [1.165, 1.54) is 0 Å². The Hall–Kier alpha value is -1.58. The smallest absolute Gasteiger partial charge is 0.308 e. The van der Waals surface area contributed by atoms with Gasteiger partial charge in [0.05, 0.1) is 5.92 Å². The second kappa shape index (κ2) is 3.88. The normalized spacial score (nSPS) is 25.5. The van der Waals surface area contributed by atoms with Crippen molar-refractivity contribution in [2.45, 2.75) is 19.4 Å². The van der Waals surface area contributed by atoms with E-state index in [1.807, 2.05) is 25.1 Å². The van der Waals surface area contributed by atoms with Crippen molar-refractivity contribution in [3.05, 3.63) is 24.4 Å². The van der Waals surface area contributed by atoms with Crippen molar-refractivity contribution >= 4 is 11.8 Å². The van der Waals surface area contributed by atoms with Gasteiger partial charge in [-0.15, -0.1) is 0 Å². The van der Waals surface area contributed by atoms with E-state index in [0.717, 1.165) is 12.4 Å². The molecule has 1 aromatic heterocycles. The summed E-state index contributed by atoms with van der Waals surface area (Å²) in [6.07, 6.45) is 2.43. The topological polar surface area (TPSA) is 53.4 Å². The van der Waals surface area contributed by atoms with Crippen LogP contribution in [0.1, 0.15) is 13.3 Å². The molecule has 15 heavy (non-hydrogen) atoms. The summed E-state index contributed by atoms with van der Waals surface area (Å²) in [7, 11) is 0. The predicted molar refractivity (Wildman–Crippen MR) is 56.8 cm³/mol. The molecule has 0 saturated carbocycles. The number of anilines is 1. The molecule has 0 aliphatic carbocycles. The fourth-order valence-corrected chi connectivity index (χ4v) is 2.12. The van der Waals surface area contributed by atoms with Crippen molar-refractivity contribution in [1.29, 1.82) is 0 Å². The highest BCUT2D eigenvalue weighted by molar-refractivity contribution is 5.72. The van der Waals surface area contributed by atoms with Crippen LogP contribution in [0, 0.1) is 5.92 Å². The van der Waals surface area contributed by atoms with Crippen molar-refractivity contribution in [1.82, 2.24) is 4.98 Å². The van der Waals surface area contributed by atoms with Gasteiger partial charge in [-0.1, -0.05) is 6.07 Å². The lowest BCUT2D eigenvalue weighted by atomic mass is 10.0. The minimum absolute atomic E-state index is 0.0254. The van der Waals surface area contributed by atoms with Crippen LogP contribution in [0.25, 0.3) is 0 Å². The second-order valence-corrected chi connectivity index (χ2v) is 3.86. The van der Waals surface area contributed by atoms with Crippen LogP contribution in [0.15, 0.2) is 24.4 Å². The van der Waals surface area contributed by atoms with E-state index in [4.69, 9.17) is 5.11 Å². The fourth-order valence-electron chi connectivity index (χ4n) is 2.12. The number of carboxylic acids is 1. The minimum atomic E-state index is -0.707.